The molecule has 0 radical (unpaired) electrons. The number of carbonyl (C=O) groups is 2. The fraction of sp³-hybridized carbons (Fsp3) is 0.300. The van der Waals surface area contributed by atoms with Crippen molar-refractivity contribution < 1.29 is 23.5 Å². The highest BCUT2D eigenvalue weighted by molar-refractivity contribution is 5.93. The van der Waals surface area contributed by atoms with Crippen LogP contribution in [0, 0.1) is 5.82 Å². The number of ether oxygens (including phenoxy) is 2. The Morgan fingerprint density at radius 3 is 2.54 bits per heavy atom. The smallest absolute Gasteiger partial charge is 0.339 e. The number of esters is 1. The molecular formula is C20H18FNO4. The van der Waals surface area contributed by atoms with Gasteiger partial charge in [0, 0.05) is 11.6 Å². The Labute approximate surface area is 150 Å². The number of hydrogen-bond donors (Lipinski definition) is 1. The Hall–Kier alpha value is -2.73. The van der Waals surface area contributed by atoms with Gasteiger partial charge in [0.1, 0.15) is 5.82 Å². The first-order valence-corrected chi connectivity index (χ1v) is 8.56. The number of carbonyl (C=O) groups excluding carboxylic acids is 2. The fourth-order valence-corrected chi connectivity index (χ4v) is 2.89. The summed E-state index contributed by atoms with van der Waals surface area (Å²) in [7, 11) is 0. The summed E-state index contributed by atoms with van der Waals surface area (Å²) < 4.78 is 24.1. The molecule has 0 saturated heterocycles. The molecule has 134 valence electrons. The van der Waals surface area contributed by atoms with Crippen molar-refractivity contribution in [2.45, 2.75) is 38.2 Å². The van der Waals surface area contributed by atoms with Gasteiger partial charge in [-0.15, -0.1) is 0 Å². The average Bonchev–Trinajstić information content (AvgIpc) is 3.32. The number of nitrogens with one attached hydrogen (secondary N) is 1. The van der Waals surface area contributed by atoms with Gasteiger partial charge in [-0.3, -0.25) is 4.79 Å². The minimum absolute atomic E-state index is 0.126. The van der Waals surface area contributed by atoms with E-state index in [9.17, 15) is 14.0 Å². The molecule has 1 heterocycles. The summed E-state index contributed by atoms with van der Waals surface area (Å²) in [6.07, 6.45) is 0.717. The maximum Gasteiger partial charge on any atom is 0.339 e. The van der Waals surface area contributed by atoms with E-state index in [2.05, 4.69) is 5.32 Å². The lowest BCUT2D eigenvalue weighted by Gasteiger charge is -2.18. The van der Waals surface area contributed by atoms with Gasteiger partial charge < -0.3 is 14.8 Å². The molecule has 1 saturated carbocycles. The monoisotopic (exact) mass is 355 g/mol. The van der Waals surface area contributed by atoms with E-state index < -0.39 is 23.8 Å². The molecule has 2 aromatic carbocycles. The second-order valence-electron chi connectivity index (χ2n) is 6.60. The topological polar surface area (TPSA) is 64.6 Å². The van der Waals surface area contributed by atoms with E-state index >= 15 is 0 Å². The predicted molar refractivity (Wildman–Crippen MR) is 90.7 cm³/mol. The van der Waals surface area contributed by atoms with Crippen LogP contribution >= 0.6 is 0 Å². The van der Waals surface area contributed by atoms with E-state index in [4.69, 9.17) is 9.47 Å². The molecule has 1 atom stereocenters. The van der Waals surface area contributed by atoms with Gasteiger partial charge in [-0.1, -0.05) is 18.2 Å². The molecule has 4 rings (SSSR count). The highest BCUT2D eigenvalue weighted by atomic mass is 19.1. The summed E-state index contributed by atoms with van der Waals surface area (Å²) >= 11 is 0. The average molecular weight is 355 g/mol. The van der Waals surface area contributed by atoms with Gasteiger partial charge in [0.2, 0.25) is 6.10 Å². The zero-order chi connectivity index (χ0) is 18.1. The molecular weight excluding hydrogens is 337 g/mol. The number of fused-ring (bicyclic) bond motifs is 1. The molecule has 0 aromatic heterocycles. The summed E-state index contributed by atoms with van der Waals surface area (Å²) in [5.74, 6) is -1.41. The van der Waals surface area contributed by atoms with Crippen LogP contribution in [0.3, 0.4) is 0 Å². The summed E-state index contributed by atoms with van der Waals surface area (Å²) in [5, 5.41) is 2.84. The molecule has 1 amide bonds. The summed E-state index contributed by atoms with van der Waals surface area (Å²) in [6, 6.07) is 10.7. The van der Waals surface area contributed by atoms with Crippen LogP contribution in [-0.2, 0) is 27.5 Å². The van der Waals surface area contributed by atoms with Crippen molar-refractivity contribution in [2.75, 3.05) is 0 Å². The lowest BCUT2D eigenvalue weighted by Crippen LogP contribution is -2.33. The molecule has 0 spiro atoms. The van der Waals surface area contributed by atoms with Crippen molar-refractivity contribution in [1.82, 2.24) is 5.32 Å². The maximum absolute atomic E-state index is 13.2. The second kappa shape index (κ2) is 6.88. The van der Waals surface area contributed by atoms with Crippen LogP contribution in [0.4, 0.5) is 4.39 Å². The minimum Gasteiger partial charge on any atom is -0.444 e. The van der Waals surface area contributed by atoms with E-state index in [0.29, 0.717) is 24.3 Å². The van der Waals surface area contributed by atoms with Crippen LogP contribution in [-0.4, -0.2) is 17.9 Å². The van der Waals surface area contributed by atoms with Crippen LogP contribution in [0.2, 0.25) is 0 Å². The molecule has 0 bridgehead atoms. The number of hydrogen-bond acceptors (Lipinski definition) is 4. The number of amides is 1. The standard InChI is InChI=1S/C20H18FNO4/c21-16-5-3-12(4-6-16)18(19(23)22-17-7-8-17)26-20(24)13-1-2-14-10-25-11-15(14)9-13/h1-6,9,17-18H,7-8,10-11H2,(H,22,23)/t18-/m1/s1. The van der Waals surface area contributed by atoms with Gasteiger partial charge in [-0.2, -0.15) is 0 Å². The van der Waals surface area contributed by atoms with Crippen LogP contribution in [0.5, 0.6) is 0 Å². The number of rotatable bonds is 5. The zero-order valence-electron chi connectivity index (χ0n) is 14.0. The molecule has 1 N–H and O–H groups in total. The van der Waals surface area contributed by atoms with Gasteiger partial charge in [-0.05, 0) is 48.2 Å². The van der Waals surface area contributed by atoms with E-state index in [1.165, 1.54) is 24.3 Å². The molecule has 1 aliphatic heterocycles. The highest BCUT2D eigenvalue weighted by Crippen LogP contribution is 2.26. The van der Waals surface area contributed by atoms with Crippen molar-refractivity contribution in [3.8, 4) is 0 Å². The van der Waals surface area contributed by atoms with E-state index in [-0.39, 0.29) is 6.04 Å². The lowest BCUT2D eigenvalue weighted by molar-refractivity contribution is -0.130. The molecule has 1 aliphatic carbocycles. The maximum atomic E-state index is 13.2. The first-order valence-electron chi connectivity index (χ1n) is 8.56. The molecule has 1 fully saturated rings. The van der Waals surface area contributed by atoms with Crippen LogP contribution < -0.4 is 5.32 Å². The zero-order valence-corrected chi connectivity index (χ0v) is 14.0. The number of benzene rings is 2. The van der Waals surface area contributed by atoms with Crippen molar-refractivity contribution in [2.24, 2.45) is 0 Å². The Balaban J connectivity index is 1.56. The first kappa shape index (κ1) is 16.7. The van der Waals surface area contributed by atoms with E-state index in [1.54, 1.807) is 12.1 Å². The van der Waals surface area contributed by atoms with Gasteiger partial charge in [0.15, 0.2) is 0 Å². The Morgan fingerprint density at radius 2 is 1.81 bits per heavy atom. The van der Waals surface area contributed by atoms with Gasteiger partial charge in [0.25, 0.3) is 5.91 Å². The molecule has 2 aliphatic rings. The summed E-state index contributed by atoms with van der Waals surface area (Å²) in [5.41, 5.74) is 2.78. The minimum atomic E-state index is -1.12. The third-order valence-electron chi connectivity index (χ3n) is 4.52. The molecule has 2 aromatic rings. The molecule has 6 heteroatoms. The van der Waals surface area contributed by atoms with Crippen LogP contribution in [0.15, 0.2) is 42.5 Å². The molecule has 5 nitrogen and oxygen atoms in total. The second-order valence-corrected chi connectivity index (χ2v) is 6.60. The van der Waals surface area contributed by atoms with Crippen molar-refractivity contribution >= 4 is 11.9 Å². The Morgan fingerprint density at radius 1 is 1.08 bits per heavy atom. The third kappa shape index (κ3) is 3.60. The Bertz CT molecular complexity index is 845. The normalized spacial score (nSPS) is 16.7. The van der Waals surface area contributed by atoms with Gasteiger partial charge in [-0.25, -0.2) is 9.18 Å². The van der Waals surface area contributed by atoms with Crippen molar-refractivity contribution in [1.29, 1.82) is 0 Å². The quantitative estimate of drug-likeness (QED) is 0.838. The Kier molecular flexibility index (Phi) is 4.42. The van der Waals surface area contributed by atoms with Crippen molar-refractivity contribution in [3.63, 3.8) is 0 Å². The largest absolute Gasteiger partial charge is 0.444 e. The fourth-order valence-electron chi connectivity index (χ4n) is 2.89. The third-order valence-corrected chi connectivity index (χ3v) is 4.52. The van der Waals surface area contributed by atoms with Crippen molar-refractivity contribution in [3.05, 3.63) is 70.5 Å². The first-order chi connectivity index (χ1) is 12.6. The number of halogens is 1. The highest BCUT2D eigenvalue weighted by Gasteiger charge is 2.31. The van der Waals surface area contributed by atoms with Gasteiger partial charge in [0.05, 0.1) is 18.8 Å². The molecule has 26 heavy (non-hydrogen) atoms. The van der Waals surface area contributed by atoms with Crippen LogP contribution in [0.25, 0.3) is 0 Å². The SMILES string of the molecule is O=C(O[C@@H](C(=O)NC1CC1)c1ccc(F)cc1)c1ccc2c(c1)COC2. The predicted octanol–water partition coefficient (Wildman–Crippen LogP) is 3.03. The van der Waals surface area contributed by atoms with E-state index in [0.717, 1.165) is 24.0 Å². The van der Waals surface area contributed by atoms with Crippen LogP contribution in [0.1, 0.15) is 46.0 Å². The van der Waals surface area contributed by atoms with E-state index in [1.807, 2.05) is 6.07 Å². The molecule has 0 unspecified atom stereocenters. The summed E-state index contributed by atoms with van der Waals surface area (Å²) in [6.45, 7) is 0.993. The summed E-state index contributed by atoms with van der Waals surface area (Å²) in [4.78, 5) is 25.1. The lowest BCUT2D eigenvalue weighted by atomic mass is 10.1. The van der Waals surface area contributed by atoms with Gasteiger partial charge >= 0.3 is 5.97 Å².